The maximum atomic E-state index is 13.2. The topological polar surface area (TPSA) is 24.1 Å². The molecule has 0 radical (unpaired) electrons. The van der Waals surface area contributed by atoms with Crippen molar-refractivity contribution in [2.75, 3.05) is 18.4 Å². The zero-order valence-electron chi connectivity index (χ0n) is 9.40. The van der Waals surface area contributed by atoms with Crippen LogP contribution in [0.15, 0.2) is 12.1 Å². The van der Waals surface area contributed by atoms with Crippen LogP contribution in [0.5, 0.6) is 0 Å². The Kier molecular flexibility index (Phi) is 4.48. The molecule has 17 heavy (non-hydrogen) atoms. The fourth-order valence-corrected chi connectivity index (χ4v) is 2.48. The third-order valence-electron chi connectivity index (χ3n) is 2.95. The van der Waals surface area contributed by atoms with Gasteiger partial charge < -0.3 is 10.6 Å². The van der Waals surface area contributed by atoms with E-state index in [2.05, 4.69) is 10.6 Å². The second-order valence-corrected chi connectivity index (χ2v) is 5.10. The molecular formula is C12H15Cl2FN2. The minimum Gasteiger partial charge on any atom is -0.383 e. The van der Waals surface area contributed by atoms with Crippen LogP contribution < -0.4 is 10.6 Å². The number of halogens is 3. The Morgan fingerprint density at radius 2 is 2.00 bits per heavy atom. The average molecular weight is 277 g/mol. The van der Waals surface area contributed by atoms with Crippen molar-refractivity contribution in [3.8, 4) is 0 Å². The molecule has 1 unspecified atom stereocenters. The van der Waals surface area contributed by atoms with Gasteiger partial charge in [0.15, 0.2) is 5.82 Å². The molecule has 5 heteroatoms. The molecule has 1 atom stereocenters. The standard InChI is InChI=1S/C12H15Cl2FN2/c13-10-5-9(6-11(14)12(10)15)17-7-8-3-1-2-4-16-8/h5-6,8,16-17H,1-4,7H2. The van der Waals surface area contributed by atoms with Crippen LogP contribution >= 0.6 is 23.2 Å². The Morgan fingerprint density at radius 1 is 1.29 bits per heavy atom. The van der Waals surface area contributed by atoms with Crippen LogP contribution in [-0.2, 0) is 0 Å². The molecule has 1 aliphatic heterocycles. The second kappa shape index (κ2) is 5.89. The summed E-state index contributed by atoms with van der Waals surface area (Å²) < 4.78 is 13.2. The monoisotopic (exact) mass is 276 g/mol. The molecule has 0 bridgehead atoms. The van der Waals surface area contributed by atoms with Gasteiger partial charge in [-0.2, -0.15) is 0 Å². The number of benzene rings is 1. The highest BCUT2D eigenvalue weighted by molar-refractivity contribution is 6.35. The summed E-state index contributed by atoms with van der Waals surface area (Å²) in [6.45, 7) is 1.87. The van der Waals surface area contributed by atoms with Crippen molar-refractivity contribution >= 4 is 28.9 Å². The first-order chi connectivity index (χ1) is 8.16. The van der Waals surface area contributed by atoms with Gasteiger partial charge in [-0.3, -0.25) is 0 Å². The largest absolute Gasteiger partial charge is 0.383 e. The minimum absolute atomic E-state index is 0.0524. The summed E-state index contributed by atoms with van der Waals surface area (Å²) in [6.07, 6.45) is 3.66. The van der Waals surface area contributed by atoms with Crippen molar-refractivity contribution in [2.45, 2.75) is 25.3 Å². The fraction of sp³-hybridized carbons (Fsp3) is 0.500. The number of rotatable bonds is 3. The highest BCUT2D eigenvalue weighted by Gasteiger charge is 2.13. The van der Waals surface area contributed by atoms with E-state index in [4.69, 9.17) is 23.2 Å². The number of nitrogens with one attached hydrogen (secondary N) is 2. The van der Waals surface area contributed by atoms with Gasteiger partial charge >= 0.3 is 0 Å². The fourth-order valence-electron chi connectivity index (χ4n) is 2.00. The molecule has 1 aromatic carbocycles. The average Bonchev–Trinajstić information content (AvgIpc) is 2.34. The van der Waals surface area contributed by atoms with Crippen LogP contribution in [0.25, 0.3) is 0 Å². The molecular weight excluding hydrogens is 262 g/mol. The zero-order chi connectivity index (χ0) is 12.3. The number of piperidine rings is 1. The van der Waals surface area contributed by atoms with E-state index in [0.717, 1.165) is 25.2 Å². The molecule has 1 aliphatic rings. The Hall–Kier alpha value is -0.510. The van der Waals surface area contributed by atoms with Gasteiger partial charge in [0.2, 0.25) is 0 Å². The predicted molar refractivity (Wildman–Crippen MR) is 70.6 cm³/mol. The summed E-state index contributed by atoms with van der Waals surface area (Å²) in [4.78, 5) is 0. The summed E-state index contributed by atoms with van der Waals surface area (Å²) in [5.74, 6) is -0.560. The summed E-state index contributed by atoms with van der Waals surface area (Å²) in [5.41, 5.74) is 0.758. The van der Waals surface area contributed by atoms with Crippen molar-refractivity contribution < 1.29 is 4.39 Å². The van der Waals surface area contributed by atoms with E-state index in [1.165, 1.54) is 12.8 Å². The third kappa shape index (κ3) is 3.47. The van der Waals surface area contributed by atoms with Crippen molar-refractivity contribution in [2.24, 2.45) is 0 Å². The zero-order valence-corrected chi connectivity index (χ0v) is 10.9. The lowest BCUT2D eigenvalue weighted by molar-refractivity contribution is 0.414. The quantitative estimate of drug-likeness (QED) is 0.823. The van der Waals surface area contributed by atoms with Crippen LogP contribution in [0.2, 0.25) is 10.0 Å². The van der Waals surface area contributed by atoms with E-state index >= 15 is 0 Å². The normalized spacial score (nSPS) is 20.3. The van der Waals surface area contributed by atoms with Crippen LogP contribution in [0, 0.1) is 5.82 Å². The second-order valence-electron chi connectivity index (χ2n) is 4.28. The Bertz CT molecular complexity index is 369. The Labute approximate surface area is 110 Å². The van der Waals surface area contributed by atoms with Gasteiger partial charge in [0.1, 0.15) is 0 Å². The lowest BCUT2D eigenvalue weighted by Crippen LogP contribution is -2.39. The summed E-state index contributed by atoms with van der Waals surface area (Å²) in [6, 6.07) is 3.59. The molecule has 1 fully saturated rings. The van der Waals surface area contributed by atoms with Crippen molar-refractivity contribution in [1.82, 2.24) is 5.32 Å². The van der Waals surface area contributed by atoms with Gasteiger partial charge in [-0.15, -0.1) is 0 Å². The molecule has 2 N–H and O–H groups in total. The maximum Gasteiger partial charge on any atom is 0.160 e. The van der Waals surface area contributed by atoms with Gasteiger partial charge in [0, 0.05) is 18.3 Å². The minimum atomic E-state index is -0.560. The van der Waals surface area contributed by atoms with Crippen LogP contribution in [0.4, 0.5) is 10.1 Å². The molecule has 2 nitrogen and oxygen atoms in total. The lowest BCUT2D eigenvalue weighted by Gasteiger charge is -2.24. The molecule has 0 amide bonds. The first-order valence-corrected chi connectivity index (χ1v) is 6.54. The number of anilines is 1. The van der Waals surface area contributed by atoms with Crippen LogP contribution in [-0.4, -0.2) is 19.1 Å². The molecule has 0 aliphatic carbocycles. The molecule has 1 aromatic rings. The molecule has 0 saturated carbocycles. The van der Waals surface area contributed by atoms with E-state index < -0.39 is 5.82 Å². The van der Waals surface area contributed by atoms with Crippen LogP contribution in [0.3, 0.4) is 0 Å². The SMILES string of the molecule is Fc1c(Cl)cc(NCC2CCCCN2)cc1Cl. The molecule has 94 valence electrons. The molecule has 0 spiro atoms. The molecule has 0 aromatic heterocycles. The van der Waals surface area contributed by atoms with Gasteiger partial charge in [-0.05, 0) is 31.5 Å². The van der Waals surface area contributed by atoms with Gasteiger partial charge in [0.25, 0.3) is 0 Å². The van der Waals surface area contributed by atoms with Gasteiger partial charge in [-0.1, -0.05) is 29.6 Å². The van der Waals surface area contributed by atoms with E-state index in [-0.39, 0.29) is 10.0 Å². The lowest BCUT2D eigenvalue weighted by atomic mass is 10.1. The number of hydrogen-bond acceptors (Lipinski definition) is 2. The first-order valence-electron chi connectivity index (χ1n) is 5.78. The first kappa shape index (κ1) is 12.9. The summed E-state index contributed by atoms with van der Waals surface area (Å²) in [5, 5.41) is 6.76. The van der Waals surface area contributed by atoms with Gasteiger partial charge in [0.05, 0.1) is 10.0 Å². The third-order valence-corrected chi connectivity index (χ3v) is 3.50. The molecule has 1 saturated heterocycles. The Balaban J connectivity index is 1.94. The molecule has 2 rings (SSSR count). The predicted octanol–water partition coefficient (Wildman–Crippen LogP) is 3.69. The Morgan fingerprint density at radius 3 is 2.59 bits per heavy atom. The van der Waals surface area contributed by atoms with E-state index in [1.807, 2.05) is 0 Å². The van der Waals surface area contributed by atoms with Crippen molar-refractivity contribution in [3.05, 3.63) is 28.0 Å². The highest BCUT2D eigenvalue weighted by Crippen LogP contribution is 2.27. The van der Waals surface area contributed by atoms with Gasteiger partial charge in [-0.25, -0.2) is 4.39 Å². The summed E-state index contributed by atoms with van der Waals surface area (Å²) >= 11 is 11.5. The van der Waals surface area contributed by atoms with Crippen LogP contribution in [0.1, 0.15) is 19.3 Å². The molecule has 1 heterocycles. The van der Waals surface area contributed by atoms with Crippen molar-refractivity contribution in [3.63, 3.8) is 0 Å². The van der Waals surface area contributed by atoms with Crippen molar-refractivity contribution in [1.29, 1.82) is 0 Å². The maximum absolute atomic E-state index is 13.2. The highest BCUT2D eigenvalue weighted by atomic mass is 35.5. The smallest absolute Gasteiger partial charge is 0.160 e. The van der Waals surface area contributed by atoms with E-state index in [9.17, 15) is 4.39 Å². The number of hydrogen-bond donors (Lipinski definition) is 2. The van der Waals surface area contributed by atoms with E-state index in [0.29, 0.717) is 6.04 Å². The van der Waals surface area contributed by atoms with E-state index in [1.54, 1.807) is 12.1 Å². The summed E-state index contributed by atoms with van der Waals surface area (Å²) in [7, 11) is 0.